The maximum atomic E-state index is 12.6. The van der Waals surface area contributed by atoms with Crippen LogP contribution in [0.5, 0.6) is 0 Å². The molecule has 1 aliphatic heterocycles. The molecule has 0 radical (unpaired) electrons. The molecule has 1 aliphatic rings. The van der Waals surface area contributed by atoms with Crippen molar-refractivity contribution in [2.75, 3.05) is 20.1 Å². The Hall–Kier alpha value is -3.65. The first-order chi connectivity index (χ1) is 15.1. The van der Waals surface area contributed by atoms with Crippen LogP contribution in [0, 0.1) is 6.92 Å². The molecule has 0 aromatic carbocycles. The van der Waals surface area contributed by atoms with Crippen LogP contribution in [0.25, 0.3) is 33.7 Å². The zero-order chi connectivity index (χ0) is 21.4. The largest absolute Gasteiger partial charge is 0.457 e. The highest BCUT2D eigenvalue weighted by Gasteiger charge is 2.24. The number of aromatic nitrogens is 5. The number of aromatic amines is 1. The molecule has 1 fully saturated rings. The number of likely N-dealkylation sites (tertiary alicyclic amines) is 1. The van der Waals surface area contributed by atoms with E-state index in [0.717, 1.165) is 47.8 Å². The van der Waals surface area contributed by atoms with Gasteiger partial charge >= 0.3 is 5.97 Å². The van der Waals surface area contributed by atoms with E-state index in [1.807, 2.05) is 44.3 Å². The van der Waals surface area contributed by atoms with Gasteiger partial charge in [-0.3, -0.25) is 15.1 Å². The third-order valence-corrected chi connectivity index (χ3v) is 5.45. The van der Waals surface area contributed by atoms with E-state index in [1.165, 1.54) is 0 Å². The molecule has 0 amide bonds. The molecule has 0 unspecified atom stereocenters. The minimum atomic E-state index is -0.366. The third-order valence-electron chi connectivity index (χ3n) is 5.45. The maximum Gasteiger partial charge on any atom is 0.340 e. The van der Waals surface area contributed by atoms with Crippen molar-refractivity contribution in [2.45, 2.75) is 19.4 Å². The van der Waals surface area contributed by atoms with Gasteiger partial charge in [-0.25, -0.2) is 9.78 Å². The van der Waals surface area contributed by atoms with Gasteiger partial charge in [-0.05, 0) is 50.7 Å². The van der Waals surface area contributed by atoms with Gasteiger partial charge in [0.15, 0.2) is 0 Å². The zero-order valence-electron chi connectivity index (χ0n) is 17.4. The van der Waals surface area contributed by atoms with Crippen LogP contribution in [-0.2, 0) is 4.74 Å². The van der Waals surface area contributed by atoms with Crippen molar-refractivity contribution in [3.8, 4) is 22.6 Å². The summed E-state index contributed by atoms with van der Waals surface area (Å²) in [6.45, 7) is 3.64. The van der Waals surface area contributed by atoms with Crippen LogP contribution in [0.3, 0.4) is 0 Å². The van der Waals surface area contributed by atoms with Gasteiger partial charge in [0, 0.05) is 30.5 Å². The number of pyridine rings is 3. The molecule has 0 aliphatic carbocycles. The Morgan fingerprint density at radius 3 is 2.84 bits per heavy atom. The van der Waals surface area contributed by atoms with Crippen LogP contribution < -0.4 is 0 Å². The molecule has 5 heterocycles. The minimum Gasteiger partial charge on any atom is -0.457 e. The molecule has 1 saturated heterocycles. The minimum absolute atomic E-state index is 0.0807. The van der Waals surface area contributed by atoms with Gasteiger partial charge < -0.3 is 9.64 Å². The van der Waals surface area contributed by atoms with E-state index in [2.05, 4.69) is 25.1 Å². The fourth-order valence-electron chi connectivity index (χ4n) is 3.84. The number of rotatable bonds is 4. The van der Waals surface area contributed by atoms with Gasteiger partial charge in [0.1, 0.15) is 6.10 Å². The molecular weight excluding hydrogens is 392 g/mol. The van der Waals surface area contributed by atoms with Crippen molar-refractivity contribution in [2.24, 2.45) is 0 Å². The number of fused-ring (bicyclic) bond motifs is 1. The monoisotopic (exact) mass is 414 g/mol. The fourth-order valence-corrected chi connectivity index (χ4v) is 3.84. The van der Waals surface area contributed by atoms with Crippen LogP contribution in [0.4, 0.5) is 0 Å². The SMILES string of the molecule is Cc1cccc(-c2[nH]ncc2-c2ccc3ncc(C(=O)O[C@H]4CCN(C)C4)cc3n2)n1. The molecule has 8 nitrogen and oxygen atoms in total. The van der Waals surface area contributed by atoms with Crippen LogP contribution in [-0.4, -0.2) is 62.3 Å². The highest BCUT2D eigenvalue weighted by atomic mass is 16.5. The second-order valence-corrected chi connectivity index (χ2v) is 7.86. The number of aryl methyl sites for hydroxylation is 1. The molecule has 4 aromatic rings. The first-order valence-corrected chi connectivity index (χ1v) is 10.2. The lowest BCUT2D eigenvalue weighted by atomic mass is 10.1. The number of hydrogen-bond donors (Lipinski definition) is 1. The Kier molecular flexibility index (Phi) is 4.91. The molecular formula is C23H22N6O2. The Morgan fingerprint density at radius 1 is 1.13 bits per heavy atom. The van der Waals surface area contributed by atoms with Gasteiger partial charge in [0.25, 0.3) is 0 Å². The molecule has 4 aromatic heterocycles. The molecule has 1 N–H and O–H groups in total. The van der Waals surface area contributed by atoms with Crippen molar-refractivity contribution < 1.29 is 9.53 Å². The van der Waals surface area contributed by atoms with Crippen LogP contribution in [0.2, 0.25) is 0 Å². The Labute approximate surface area is 179 Å². The lowest BCUT2D eigenvalue weighted by Gasteiger charge is -2.12. The first kappa shape index (κ1) is 19.3. The highest BCUT2D eigenvalue weighted by molar-refractivity contribution is 5.93. The van der Waals surface area contributed by atoms with Crippen molar-refractivity contribution in [1.82, 2.24) is 30.0 Å². The Bertz CT molecular complexity index is 1270. The van der Waals surface area contributed by atoms with Crippen molar-refractivity contribution in [3.05, 3.63) is 60.0 Å². The average molecular weight is 414 g/mol. The number of carbonyl (C=O) groups excluding carboxylic acids is 1. The van der Waals surface area contributed by atoms with Crippen LogP contribution in [0.15, 0.2) is 48.8 Å². The fraction of sp³-hybridized carbons (Fsp3) is 0.261. The summed E-state index contributed by atoms with van der Waals surface area (Å²) >= 11 is 0. The standard InChI is InChI=1S/C23H22N6O2/c1-14-4-3-5-20(26-14)22-17(12-25-28-22)18-6-7-19-21(27-18)10-15(11-24-19)23(30)31-16-8-9-29(2)13-16/h3-7,10-12,16H,8-9,13H2,1-2H3,(H,25,28)/t16-/m0/s1. The van der Waals surface area contributed by atoms with Crippen LogP contribution >= 0.6 is 0 Å². The van der Waals surface area contributed by atoms with Crippen molar-refractivity contribution >= 4 is 17.0 Å². The summed E-state index contributed by atoms with van der Waals surface area (Å²) in [5, 5.41) is 7.22. The lowest BCUT2D eigenvalue weighted by Crippen LogP contribution is -2.22. The summed E-state index contributed by atoms with van der Waals surface area (Å²) < 4.78 is 5.64. The quantitative estimate of drug-likeness (QED) is 0.512. The number of hydrogen-bond acceptors (Lipinski definition) is 7. The Balaban J connectivity index is 1.47. The third kappa shape index (κ3) is 3.89. The maximum absolute atomic E-state index is 12.6. The predicted molar refractivity (Wildman–Crippen MR) is 116 cm³/mol. The van der Waals surface area contributed by atoms with Gasteiger partial charge in [-0.15, -0.1) is 0 Å². The van der Waals surface area contributed by atoms with Gasteiger partial charge in [0.05, 0.1) is 39.9 Å². The van der Waals surface area contributed by atoms with E-state index >= 15 is 0 Å². The van der Waals surface area contributed by atoms with E-state index in [0.29, 0.717) is 16.6 Å². The predicted octanol–water partition coefficient (Wildman–Crippen LogP) is 3.25. The van der Waals surface area contributed by atoms with E-state index in [-0.39, 0.29) is 12.1 Å². The first-order valence-electron chi connectivity index (χ1n) is 10.2. The molecule has 5 rings (SSSR count). The van der Waals surface area contributed by atoms with Crippen molar-refractivity contribution in [3.63, 3.8) is 0 Å². The van der Waals surface area contributed by atoms with Crippen LogP contribution in [0.1, 0.15) is 22.5 Å². The number of carbonyl (C=O) groups is 1. The smallest absolute Gasteiger partial charge is 0.340 e. The van der Waals surface area contributed by atoms with E-state index in [9.17, 15) is 4.79 Å². The average Bonchev–Trinajstić information content (AvgIpc) is 3.42. The number of likely N-dealkylation sites (N-methyl/N-ethyl adjacent to an activating group) is 1. The number of nitrogens with zero attached hydrogens (tertiary/aromatic N) is 5. The summed E-state index contributed by atoms with van der Waals surface area (Å²) in [5.41, 5.74) is 5.81. The van der Waals surface area contributed by atoms with Gasteiger partial charge in [-0.2, -0.15) is 5.10 Å². The second kappa shape index (κ2) is 7.88. The summed E-state index contributed by atoms with van der Waals surface area (Å²) in [5.74, 6) is -0.366. The summed E-state index contributed by atoms with van der Waals surface area (Å²) in [6.07, 6.45) is 4.05. The highest BCUT2D eigenvalue weighted by Crippen LogP contribution is 2.29. The lowest BCUT2D eigenvalue weighted by molar-refractivity contribution is 0.0327. The molecule has 8 heteroatoms. The molecule has 0 spiro atoms. The van der Waals surface area contributed by atoms with Crippen molar-refractivity contribution in [1.29, 1.82) is 0 Å². The van der Waals surface area contributed by atoms with Gasteiger partial charge in [0.2, 0.25) is 0 Å². The summed E-state index contributed by atoms with van der Waals surface area (Å²) in [6, 6.07) is 11.4. The molecule has 156 valence electrons. The topological polar surface area (TPSA) is 96.9 Å². The zero-order valence-corrected chi connectivity index (χ0v) is 17.4. The molecule has 31 heavy (non-hydrogen) atoms. The van der Waals surface area contributed by atoms with E-state index in [4.69, 9.17) is 9.72 Å². The van der Waals surface area contributed by atoms with Gasteiger partial charge in [-0.1, -0.05) is 6.07 Å². The number of H-pyrrole nitrogens is 1. The molecule has 1 atom stereocenters. The second-order valence-electron chi connectivity index (χ2n) is 7.86. The van der Waals surface area contributed by atoms with E-state index < -0.39 is 0 Å². The summed E-state index contributed by atoms with van der Waals surface area (Å²) in [7, 11) is 2.02. The summed E-state index contributed by atoms with van der Waals surface area (Å²) in [4.78, 5) is 28.5. The molecule has 0 bridgehead atoms. The number of ether oxygens (including phenoxy) is 1. The molecule has 0 saturated carbocycles. The normalized spacial score (nSPS) is 16.6. The van der Waals surface area contributed by atoms with E-state index in [1.54, 1.807) is 18.5 Å². The Morgan fingerprint density at radius 2 is 2.03 bits per heavy atom. The number of esters is 1. The number of nitrogens with one attached hydrogen (secondary N) is 1.